The Morgan fingerprint density at radius 1 is 1.20 bits per heavy atom. The van der Waals surface area contributed by atoms with E-state index >= 15 is 0 Å². The molecule has 0 aliphatic heterocycles. The molecule has 1 fully saturated rings. The molecule has 0 heterocycles. The maximum absolute atomic E-state index is 9.13. The van der Waals surface area contributed by atoms with Gasteiger partial charge >= 0.3 is 0 Å². The van der Waals surface area contributed by atoms with E-state index in [4.69, 9.17) is 5.11 Å². The number of benzene rings is 1. The van der Waals surface area contributed by atoms with E-state index in [1.807, 2.05) is 6.07 Å². The lowest BCUT2D eigenvalue weighted by atomic mass is 9.82. The van der Waals surface area contributed by atoms with E-state index in [1.54, 1.807) is 0 Å². The quantitative estimate of drug-likeness (QED) is 0.715. The Morgan fingerprint density at radius 2 is 1.93 bits per heavy atom. The summed E-state index contributed by atoms with van der Waals surface area (Å²) in [5.41, 5.74) is 1.39. The Hall–Kier alpha value is -0.860. The van der Waals surface area contributed by atoms with Crippen molar-refractivity contribution in [3.63, 3.8) is 0 Å². The molecule has 0 aromatic heterocycles. The predicted octanol–water partition coefficient (Wildman–Crippen LogP) is 1.59. The molecule has 1 aromatic rings. The van der Waals surface area contributed by atoms with Crippen LogP contribution in [0.4, 0.5) is 0 Å². The molecule has 0 saturated heterocycles. The van der Waals surface area contributed by atoms with Gasteiger partial charge in [-0.15, -0.1) is 0 Å². The van der Waals surface area contributed by atoms with Crippen LogP contribution in [0.15, 0.2) is 30.3 Å². The van der Waals surface area contributed by atoms with E-state index in [0.717, 1.165) is 32.4 Å². The summed E-state index contributed by atoms with van der Waals surface area (Å²) in [6, 6.07) is 10.5. The summed E-state index contributed by atoms with van der Waals surface area (Å²) in [6.07, 6.45) is 3.04. The fraction of sp³-hybridized carbons (Fsp3) is 0.538. The van der Waals surface area contributed by atoms with Crippen molar-refractivity contribution in [3.05, 3.63) is 35.9 Å². The highest BCUT2D eigenvalue weighted by Gasteiger charge is 2.26. The monoisotopic (exact) mass is 205 g/mol. The fourth-order valence-electron chi connectivity index (χ4n) is 2.05. The smallest absolute Gasteiger partial charge is 0.0546 e. The Labute approximate surface area is 91.3 Å². The first kappa shape index (κ1) is 10.7. The Bertz CT molecular complexity index is 280. The van der Waals surface area contributed by atoms with Crippen molar-refractivity contribution in [3.8, 4) is 0 Å². The van der Waals surface area contributed by atoms with Crippen molar-refractivity contribution >= 4 is 0 Å². The van der Waals surface area contributed by atoms with Crippen LogP contribution >= 0.6 is 0 Å². The molecule has 2 heteroatoms. The first-order valence-electron chi connectivity index (χ1n) is 5.77. The maximum atomic E-state index is 9.13. The summed E-state index contributed by atoms with van der Waals surface area (Å²) in [4.78, 5) is 0. The van der Waals surface area contributed by atoms with Gasteiger partial charge in [-0.3, -0.25) is 0 Å². The maximum Gasteiger partial charge on any atom is 0.0546 e. The predicted molar refractivity (Wildman–Crippen MR) is 61.7 cm³/mol. The van der Waals surface area contributed by atoms with Crippen LogP contribution in [0.25, 0.3) is 0 Å². The van der Waals surface area contributed by atoms with E-state index in [0.29, 0.717) is 5.92 Å². The van der Waals surface area contributed by atoms with Gasteiger partial charge in [0.25, 0.3) is 0 Å². The number of nitrogens with one attached hydrogen (secondary N) is 1. The Kier molecular flexibility index (Phi) is 3.75. The van der Waals surface area contributed by atoms with Crippen LogP contribution in [-0.2, 0) is 6.42 Å². The normalized spacial score (nSPS) is 24.9. The van der Waals surface area contributed by atoms with Crippen LogP contribution in [0.2, 0.25) is 0 Å². The molecular weight excluding hydrogens is 186 g/mol. The van der Waals surface area contributed by atoms with E-state index in [1.165, 1.54) is 5.56 Å². The van der Waals surface area contributed by atoms with Crippen molar-refractivity contribution in [1.82, 2.24) is 5.32 Å². The first-order chi connectivity index (χ1) is 7.34. The van der Waals surface area contributed by atoms with E-state index in [2.05, 4.69) is 29.6 Å². The van der Waals surface area contributed by atoms with Gasteiger partial charge in [-0.25, -0.2) is 0 Å². The van der Waals surface area contributed by atoms with Gasteiger partial charge in [0.2, 0.25) is 0 Å². The summed E-state index contributed by atoms with van der Waals surface area (Å²) in [6.45, 7) is 2.10. The van der Waals surface area contributed by atoms with Crippen LogP contribution in [0, 0.1) is 5.92 Å². The van der Waals surface area contributed by atoms with Gasteiger partial charge in [-0.2, -0.15) is 0 Å². The van der Waals surface area contributed by atoms with E-state index < -0.39 is 0 Å². The molecule has 0 atom stereocenters. The minimum atomic E-state index is -0.0223. The molecule has 2 rings (SSSR count). The molecule has 2 nitrogen and oxygen atoms in total. The van der Waals surface area contributed by atoms with Crippen molar-refractivity contribution < 1.29 is 5.11 Å². The minimum Gasteiger partial charge on any atom is -0.393 e. The third-order valence-corrected chi connectivity index (χ3v) is 3.08. The highest BCUT2D eigenvalue weighted by Crippen LogP contribution is 2.25. The molecule has 0 radical (unpaired) electrons. The molecule has 0 amide bonds. The van der Waals surface area contributed by atoms with E-state index in [9.17, 15) is 0 Å². The van der Waals surface area contributed by atoms with Crippen molar-refractivity contribution in [2.75, 3.05) is 13.1 Å². The second kappa shape index (κ2) is 5.29. The first-order valence-corrected chi connectivity index (χ1v) is 5.77. The van der Waals surface area contributed by atoms with Gasteiger partial charge in [0, 0.05) is 0 Å². The topological polar surface area (TPSA) is 32.3 Å². The highest BCUT2D eigenvalue weighted by atomic mass is 16.3. The third-order valence-electron chi connectivity index (χ3n) is 3.08. The molecular formula is C13H19NO. The zero-order valence-electron chi connectivity index (χ0n) is 9.02. The average Bonchev–Trinajstić information content (AvgIpc) is 2.23. The Balaban J connectivity index is 1.56. The summed E-state index contributed by atoms with van der Waals surface area (Å²) in [7, 11) is 0. The minimum absolute atomic E-state index is 0.0223. The molecule has 1 aliphatic rings. The zero-order valence-corrected chi connectivity index (χ0v) is 9.02. The molecule has 15 heavy (non-hydrogen) atoms. The number of aliphatic hydroxyl groups excluding tert-OH is 1. The van der Waals surface area contributed by atoms with Gasteiger partial charge in [0.1, 0.15) is 0 Å². The lowest BCUT2D eigenvalue weighted by molar-refractivity contribution is 0.0432. The summed E-state index contributed by atoms with van der Waals surface area (Å²) < 4.78 is 0. The lowest BCUT2D eigenvalue weighted by Crippen LogP contribution is -2.36. The highest BCUT2D eigenvalue weighted by molar-refractivity contribution is 5.14. The van der Waals surface area contributed by atoms with Crippen LogP contribution in [0.5, 0.6) is 0 Å². The molecule has 0 bridgehead atoms. The average molecular weight is 205 g/mol. The van der Waals surface area contributed by atoms with Gasteiger partial charge in [-0.1, -0.05) is 30.3 Å². The molecule has 1 aromatic carbocycles. The summed E-state index contributed by atoms with van der Waals surface area (Å²) >= 11 is 0. The summed E-state index contributed by atoms with van der Waals surface area (Å²) in [5, 5.41) is 12.6. The molecule has 0 unspecified atom stereocenters. The number of hydrogen-bond acceptors (Lipinski definition) is 2. The van der Waals surface area contributed by atoms with Crippen LogP contribution in [0.3, 0.4) is 0 Å². The van der Waals surface area contributed by atoms with Crippen LogP contribution in [0.1, 0.15) is 18.4 Å². The number of hydrogen-bond donors (Lipinski definition) is 2. The molecule has 82 valence electrons. The lowest BCUT2D eigenvalue weighted by Gasteiger charge is -2.31. The van der Waals surface area contributed by atoms with Crippen molar-refractivity contribution in [2.45, 2.75) is 25.4 Å². The largest absolute Gasteiger partial charge is 0.393 e. The molecule has 1 saturated carbocycles. The SMILES string of the molecule is OC1CC(CNCCc2ccccc2)C1. The van der Waals surface area contributed by atoms with Crippen molar-refractivity contribution in [2.24, 2.45) is 5.92 Å². The second-order valence-corrected chi connectivity index (χ2v) is 4.43. The second-order valence-electron chi connectivity index (χ2n) is 4.43. The molecule has 2 N–H and O–H groups in total. The van der Waals surface area contributed by atoms with Gasteiger partial charge in [-0.05, 0) is 43.8 Å². The summed E-state index contributed by atoms with van der Waals surface area (Å²) in [5.74, 6) is 0.704. The van der Waals surface area contributed by atoms with E-state index in [-0.39, 0.29) is 6.10 Å². The fourth-order valence-corrected chi connectivity index (χ4v) is 2.05. The van der Waals surface area contributed by atoms with Crippen molar-refractivity contribution in [1.29, 1.82) is 0 Å². The van der Waals surface area contributed by atoms with Crippen LogP contribution in [-0.4, -0.2) is 24.3 Å². The standard InChI is InChI=1S/C13H19NO/c15-13-8-12(9-13)10-14-7-6-11-4-2-1-3-5-11/h1-5,12-15H,6-10H2. The zero-order chi connectivity index (χ0) is 10.5. The molecule has 0 spiro atoms. The number of aliphatic hydroxyl groups is 1. The number of rotatable bonds is 5. The van der Waals surface area contributed by atoms with Gasteiger partial charge in [0.15, 0.2) is 0 Å². The molecule has 1 aliphatic carbocycles. The van der Waals surface area contributed by atoms with Gasteiger partial charge < -0.3 is 10.4 Å². The van der Waals surface area contributed by atoms with Crippen LogP contribution < -0.4 is 5.32 Å². The Morgan fingerprint density at radius 3 is 2.60 bits per heavy atom. The third kappa shape index (κ3) is 3.33. The van der Waals surface area contributed by atoms with Gasteiger partial charge in [0.05, 0.1) is 6.10 Å².